The number of carbonyl (C=O) groups excluding carboxylic acids is 1. The summed E-state index contributed by atoms with van der Waals surface area (Å²) in [7, 11) is 8.53. The highest BCUT2D eigenvalue weighted by Gasteiger charge is 2.32. The number of H-pyrrole nitrogens is 2. The number of amides is 1. The molecule has 8 bridgehead atoms. The molecule has 0 saturated carbocycles. The van der Waals surface area contributed by atoms with Crippen LogP contribution in [0.1, 0.15) is 109 Å². The maximum Gasteiger partial charge on any atom is 0.222 e. The van der Waals surface area contributed by atoms with E-state index in [-0.39, 0.29) is 17.7 Å². The minimum Gasteiger partial charge on any atom is -0.355 e. The molecule has 7 nitrogen and oxygen atoms in total. The Labute approximate surface area is 275 Å². The predicted octanol–water partition coefficient (Wildman–Crippen LogP) is 8.15. The minimum atomic E-state index is 0.141. The fourth-order valence-electron chi connectivity index (χ4n) is 7.29. The Hall–Kier alpha value is -3.71. The molecule has 2 N–H and O–H groups in total. The monoisotopic (exact) mass is 623 g/mol. The van der Waals surface area contributed by atoms with E-state index in [4.69, 9.17) is 9.97 Å². The van der Waals surface area contributed by atoms with E-state index in [1.165, 1.54) is 22.3 Å². The van der Waals surface area contributed by atoms with E-state index in [2.05, 4.69) is 104 Å². The number of carbonyl (C=O) groups is 1. The van der Waals surface area contributed by atoms with E-state index in [9.17, 15) is 4.79 Å². The molecule has 2 aliphatic rings. The first-order valence-corrected chi connectivity index (χ1v) is 17.2. The van der Waals surface area contributed by atoms with Crippen molar-refractivity contribution in [3.05, 3.63) is 68.8 Å². The predicted molar refractivity (Wildman–Crippen MR) is 193 cm³/mol. The van der Waals surface area contributed by atoms with E-state index in [0.29, 0.717) is 6.42 Å². The van der Waals surface area contributed by atoms with Gasteiger partial charge in [0.15, 0.2) is 0 Å². The van der Waals surface area contributed by atoms with Gasteiger partial charge in [0.05, 0.1) is 39.1 Å². The maximum atomic E-state index is 13.3. The van der Waals surface area contributed by atoms with Crippen molar-refractivity contribution >= 4 is 39.6 Å². The van der Waals surface area contributed by atoms with Crippen molar-refractivity contribution in [2.75, 3.05) is 41.3 Å². The van der Waals surface area contributed by atoms with Gasteiger partial charge in [-0.15, -0.1) is 0 Å². The highest BCUT2D eigenvalue weighted by molar-refractivity contribution is 5.85. The highest BCUT2D eigenvalue weighted by atomic mass is 16.2. The first-order chi connectivity index (χ1) is 21.7. The number of aromatic amines is 2. The number of fused-ring (bicyclic) bond motifs is 8. The number of rotatable bonds is 9. The van der Waals surface area contributed by atoms with E-state index in [1.807, 2.05) is 11.9 Å². The molecule has 0 aliphatic carbocycles. The number of quaternary nitrogens is 1. The van der Waals surface area contributed by atoms with Crippen molar-refractivity contribution in [2.45, 2.75) is 92.4 Å². The molecule has 5 rings (SSSR count). The zero-order valence-electron chi connectivity index (χ0n) is 30.1. The molecule has 0 radical (unpaired) electrons. The van der Waals surface area contributed by atoms with Gasteiger partial charge in [0, 0.05) is 71.7 Å². The summed E-state index contributed by atoms with van der Waals surface area (Å²) in [4.78, 5) is 33.2. The number of hydrogen-bond donors (Lipinski definition) is 2. The molecule has 0 spiro atoms. The quantitative estimate of drug-likeness (QED) is 0.236. The summed E-state index contributed by atoms with van der Waals surface area (Å²) in [5.41, 5.74) is 16.1. The topological polar surface area (TPSA) is 77.7 Å². The van der Waals surface area contributed by atoms with Gasteiger partial charge in [-0.1, -0.05) is 20.8 Å². The van der Waals surface area contributed by atoms with Crippen molar-refractivity contribution in [3.8, 4) is 0 Å². The SMILES string of the molecule is CCc1c(C)c2cc3[nH]c(cc4nc(c(C)c5nc(cc1[nH]2)C(C)=C5)[C@@H](CCC(=O)N(C)CCC[N+](C)(C)C)[C@@H]4C)c(C)c3CC. The summed E-state index contributed by atoms with van der Waals surface area (Å²) < 4.78 is 0.908. The van der Waals surface area contributed by atoms with Crippen molar-refractivity contribution < 1.29 is 9.28 Å². The third kappa shape index (κ3) is 6.71. The summed E-state index contributed by atoms with van der Waals surface area (Å²) in [6, 6.07) is 6.74. The number of allylic oxidation sites excluding steroid dienone is 1. The third-order valence-electron chi connectivity index (χ3n) is 10.3. The van der Waals surface area contributed by atoms with Crippen LogP contribution in [0.25, 0.3) is 33.7 Å². The Morgan fingerprint density at radius 1 is 0.870 bits per heavy atom. The normalized spacial score (nSPS) is 16.5. The summed E-state index contributed by atoms with van der Waals surface area (Å²) in [6.07, 6.45) is 6.36. The molecular weight excluding hydrogens is 568 g/mol. The van der Waals surface area contributed by atoms with Crippen LogP contribution in [0.5, 0.6) is 0 Å². The van der Waals surface area contributed by atoms with Gasteiger partial charge < -0.3 is 19.4 Å². The first kappa shape index (κ1) is 33.6. The van der Waals surface area contributed by atoms with Crippen LogP contribution in [0.3, 0.4) is 0 Å². The van der Waals surface area contributed by atoms with Gasteiger partial charge in [-0.25, -0.2) is 4.98 Å². The lowest BCUT2D eigenvalue weighted by molar-refractivity contribution is -0.870. The van der Waals surface area contributed by atoms with Crippen LogP contribution in [0.4, 0.5) is 0 Å². The zero-order chi connectivity index (χ0) is 33.5. The summed E-state index contributed by atoms with van der Waals surface area (Å²) in [5.74, 6) is 0.529. The van der Waals surface area contributed by atoms with Gasteiger partial charge >= 0.3 is 0 Å². The molecular formula is C39H55N6O+. The molecule has 3 aromatic heterocycles. The van der Waals surface area contributed by atoms with Gasteiger partial charge in [0.2, 0.25) is 5.91 Å². The third-order valence-corrected chi connectivity index (χ3v) is 10.3. The zero-order valence-corrected chi connectivity index (χ0v) is 30.1. The second-order valence-corrected chi connectivity index (χ2v) is 14.6. The number of aromatic nitrogens is 4. The molecule has 46 heavy (non-hydrogen) atoms. The van der Waals surface area contributed by atoms with Gasteiger partial charge in [-0.2, -0.15) is 0 Å². The second-order valence-electron chi connectivity index (χ2n) is 14.6. The standard InChI is InChI=1S/C39H55N6O/c1-12-28-25(5)34-22-37-29(13-2)24(4)33(41-37)21-35-26(6)30(15-16-38(46)44(8)17-14-18-45(9,10)11)39(43-35)27(7)32-19-23(3)31(40-32)20-36(28)42-34/h19-22,26,30,41-42H,12-18H2,1-11H3/q+1/t26-,30-/m0/s1. The number of nitrogens with zero attached hydrogens (tertiary/aromatic N) is 4. The van der Waals surface area contributed by atoms with Crippen LogP contribution in [0.15, 0.2) is 18.2 Å². The molecule has 0 aromatic carbocycles. The van der Waals surface area contributed by atoms with Crippen LogP contribution < -0.4 is 0 Å². The molecule has 2 aliphatic heterocycles. The summed E-state index contributed by atoms with van der Waals surface area (Å²) in [5, 5.41) is 0. The lowest BCUT2D eigenvalue weighted by atomic mass is 9.85. The Morgan fingerprint density at radius 3 is 2.09 bits per heavy atom. The highest BCUT2D eigenvalue weighted by Crippen LogP contribution is 2.42. The largest absolute Gasteiger partial charge is 0.355 e. The van der Waals surface area contributed by atoms with Crippen molar-refractivity contribution in [1.82, 2.24) is 24.8 Å². The van der Waals surface area contributed by atoms with Crippen LogP contribution in [0.2, 0.25) is 0 Å². The molecule has 7 heteroatoms. The summed E-state index contributed by atoms with van der Waals surface area (Å²) >= 11 is 0. The summed E-state index contributed by atoms with van der Waals surface area (Å²) in [6.45, 7) is 17.3. The van der Waals surface area contributed by atoms with E-state index >= 15 is 0 Å². The van der Waals surface area contributed by atoms with Crippen LogP contribution >= 0.6 is 0 Å². The van der Waals surface area contributed by atoms with Crippen LogP contribution in [0, 0.1) is 20.8 Å². The van der Waals surface area contributed by atoms with E-state index in [1.54, 1.807) is 0 Å². The Kier molecular flexibility index (Phi) is 9.65. The molecule has 2 atom stereocenters. The molecule has 0 unspecified atom stereocenters. The van der Waals surface area contributed by atoms with Crippen LogP contribution in [-0.2, 0) is 17.6 Å². The molecule has 0 saturated heterocycles. The van der Waals surface area contributed by atoms with Crippen molar-refractivity contribution in [2.24, 2.45) is 0 Å². The Balaban J connectivity index is 1.65. The van der Waals surface area contributed by atoms with Crippen molar-refractivity contribution in [3.63, 3.8) is 0 Å². The molecule has 5 heterocycles. The van der Waals surface area contributed by atoms with Gasteiger partial charge in [-0.05, 0) is 105 Å². The fourth-order valence-corrected chi connectivity index (χ4v) is 7.29. The molecule has 1 amide bonds. The average molecular weight is 624 g/mol. The van der Waals surface area contributed by atoms with Crippen molar-refractivity contribution in [1.29, 1.82) is 0 Å². The smallest absolute Gasteiger partial charge is 0.222 e. The van der Waals surface area contributed by atoms with Gasteiger partial charge in [-0.3, -0.25) is 9.78 Å². The molecule has 0 fully saturated rings. The lowest BCUT2D eigenvalue weighted by Crippen LogP contribution is -2.38. The van der Waals surface area contributed by atoms with E-state index in [0.717, 1.165) is 99.2 Å². The maximum absolute atomic E-state index is 13.3. The first-order valence-electron chi connectivity index (χ1n) is 17.2. The number of aryl methyl sites for hydroxylation is 4. The minimum absolute atomic E-state index is 0.141. The second kappa shape index (κ2) is 13.2. The number of hydrogen-bond acceptors (Lipinski definition) is 3. The Bertz CT molecular complexity index is 1830. The Morgan fingerprint density at radius 2 is 1.48 bits per heavy atom. The molecule has 3 aromatic rings. The lowest BCUT2D eigenvalue weighted by Gasteiger charge is -2.26. The van der Waals surface area contributed by atoms with Gasteiger partial charge in [0.25, 0.3) is 0 Å². The van der Waals surface area contributed by atoms with Gasteiger partial charge in [0.1, 0.15) is 0 Å². The van der Waals surface area contributed by atoms with Crippen LogP contribution in [-0.4, -0.2) is 76.5 Å². The fraction of sp³-hybridized carbons (Fsp3) is 0.513. The van der Waals surface area contributed by atoms with E-state index < -0.39 is 0 Å². The average Bonchev–Trinajstić information content (AvgIpc) is 3.69. The number of nitrogens with one attached hydrogen (secondary N) is 2. The molecule has 246 valence electrons.